The normalized spacial score (nSPS) is 21.7. The van der Waals surface area contributed by atoms with Crippen LogP contribution in [0.15, 0.2) is 30.3 Å². The lowest BCUT2D eigenvalue weighted by atomic mass is 9.86. The van der Waals surface area contributed by atoms with Crippen LogP contribution in [-0.4, -0.2) is 28.6 Å². The summed E-state index contributed by atoms with van der Waals surface area (Å²) in [6, 6.07) is 9.55. The largest absolute Gasteiger partial charge is 0.396 e. The highest BCUT2D eigenvalue weighted by Gasteiger charge is 2.23. The smallest absolute Gasteiger partial charge is 0.270 e. The second kappa shape index (κ2) is 6.63. The molecule has 1 saturated carbocycles. The average molecular weight is 319 g/mol. The van der Waals surface area contributed by atoms with Crippen molar-refractivity contribution < 1.29 is 9.90 Å². The Morgan fingerprint density at radius 1 is 1.27 bits per heavy atom. The SMILES string of the molecule is O=C(NC1CCC(CO)CC1)c1cc2ccccc2c(Cl)n1. The van der Waals surface area contributed by atoms with Crippen molar-refractivity contribution in [2.75, 3.05) is 6.61 Å². The Morgan fingerprint density at radius 3 is 2.73 bits per heavy atom. The Labute approximate surface area is 134 Å². The van der Waals surface area contributed by atoms with Gasteiger partial charge in [0.2, 0.25) is 0 Å². The second-order valence-corrected chi connectivity index (χ2v) is 6.25. The van der Waals surface area contributed by atoms with E-state index in [4.69, 9.17) is 16.7 Å². The number of aliphatic hydroxyl groups is 1. The highest BCUT2D eigenvalue weighted by Crippen LogP contribution is 2.25. The quantitative estimate of drug-likeness (QED) is 0.854. The van der Waals surface area contributed by atoms with Crippen LogP contribution in [0.2, 0.25) is 5.15 Å². The van der Waals surface area contributed by atoms with Crippen LogP contribution in [0.5, 0.6) is 0 Å². The van der Waals surface area contributed by atoms with Crippen molar-refractivity contribution in [3.63, 3.8) is 0 Å². The van der Waals surface area contributed by atoms with Crippen LogP contribution in [0.3, 0.4) is 0 Å². The van der Waals surface area contributed by atoms with E-state index >= 15 is 0 Å². The van der Waals surface area contributed by atoms with Crippen molar-refractivity contribution in [3.8, 4) is 0 Å². The van der Waals surface area contributed by atoms with Gasteiger partial charge in [-0.2, -0.15) is 0 Å². The molecule has 0 saturated heterocycles. The minimum atomic E-state index is -0.180. The van der Waals surface area contributed by atoms with Crippen LogP contribution in [0.4, 0.5) is 0 Å². The van der Waals surface area contributed by atoms with Crippen molar-refractivity contribution in [3.05, 3.63) is 41.2 Å². The first-order chi connectivity index (χ1) is 10.7. The number of rotatable bonds is 3. The molecule has 22 heavy (non-hydrogen) atoms. The summed E-state index contributed by atoms with van der Waals surface area (Å²) < 4.78 is 0. The maximum atomic E-state index is 12.4. The van der Waals surface area contributed by atoms with Crippen LogP contribution < -0.4 is 5.32 Å². The summed E-state index contributed by atoms with van der Waals surface area (Å²) in [5.74, 6) is 0.196. The zero-order valence-corrected chi connectivity index (χ0v) is 13.0. The van der Waals surface area contributed by atoms with E-state index in [1.54, 1.807) is 6.07 Å². The number of benzene rings is 1. The van der Waals surface area contributed by atoms with Gasteiger partial charge in [-0.3, -0.25) is 4.79 Å². The molecule has 4 nitrogen and oxygen atoms in total. The van der Waals surface area contributed by atoms with Crippen molar-refractivity contribution in [2.24, 2.45) is 5.92 Å². The van der Waals surface area contributed by atoms with E-state index < -0.39 is 0 Å². The predicted octanol–water partition coefficient (Wildman–Crippen LogP) is 3.17. The molecule has 2 N–H and O–H groups in total. The highest BCUT2D eigenvalue weighted by molar-refractivity contribution is 6.34. The molecule has 1 heterocycles. The zero-order valence-electron chi connectivity index (χ0n) is 12.3. The van der Waals surface area contributed by atoms with Gasteiger partial charge in [0, 0.05) is 18.0 Å². The third-order valence-electron chi connectivity index (χ3n) is 4.37. The lowest BCUT2D eigenvalue weighted by molar-refractivity contribution is 0.0909. The van der Waals surface area contributed by atoms with Gasteiger partial charge in [0.15, 0.2) is 0 Å². The van der Waals surface area contributed by atoms with Gasteiger partial charge in [0.25, 0.3) is 5.91 Å². The molecule has 1 amide bonds. The van der Waals surface area contributed by atoms with Gasteiger partial charge in [-0.15, -0.1) is 0 Å². The number of amides is 1. The average Bonchev–Trinajstić information content (AvgIpc) is 2.55. The molecule has 0 spiro atoms. The van der Waals surface area contributed by atoms with Crippen LogP contribution in [0.25, 0.3) is 10.8 Å². The lowest BCUT2D eigenvalue weighted by Gasteiger charge is -2.27. The number of nitrogens with one attached hydrogen (secondary N) is 1. The number of hydrogen-bond acceptors (Lipinski definition) is 3. The first kappa shape index (κ1) is 15.3. The molecule has 0 bridgehead atoms. The number of aromatic nitrogens is 1. The van der Waals surface area contributed by atoms with Gasteiger partial charge in [0.05, 0.1) is 0 Å². The molecule has 2 aromatic rings. The summed E-state index contributed by atoms with van der Waals surface area (Å²) in [7, 11) is 0. The molecular weight excluding hydrogens is 300 g/mol. The number of halogens is 1. The molecule has 0 atom stereocenters. The molecule has 5 heteroatoms. The van der Waals surface area contributed by atoms with Crippen LogP contribution in [0, 0.1) is 5.92 Å². The molecule has 116 valence electrons. The van der Waals surface area contributed by atoms with Crippen LogP contribution in [0.1, 0.15) is 36.2 Å². The Kier molecular flexibility index (Phi) is 4.60. The van der Waals surface area contributed by atoms with E-state index in [-0.39, 0.29) is 18.6 Å². The van der Waals surface area contributed by atoms with E-state index in [1.165, 1.54) is 0 Å². The highest BCUT2D eigenvalue weighted by atomic mass is 35.5. The van der Waals surface area contributed by atoms with Crippen molar-refractivity contribution in [2.45, 2.75) is 31.7 Å². The molecule has 3 rings (SSSR count). The summed E-state index contributed by atoms with van der Waals surface area (Å²) >= 11 is 6.17. The van der Waals surface area contributed by atoms with Gasteiger partial charge < -0.3 is 10.4 Å². The third-order valence-corrected chi connectivity index (χ3v) is 4.65. The van der Waals surface area contributed by atoms with Crippen molar-refractivity contribution in [1.82, 2.24) is 10.3 Å². The maximum absolute atomic E-state index is 12.4. The van der Waals surface area contributed by atoms with Gasteiger partial charge >= 0.3 is 0 Å². The summed E-state index contributed by atoms with van der Waals surface area (Å²) in [4.78, 5) is 16.6. The molecule has 1 aromatic carbocycles. The molecule has 1 aromatic heterocycles. The van der Waals surface area contributed by atoms with Crippen LogP contribution >= 0.6 is 11.6 Å². The monoisotopic (exact) mass is 318 g/mol. The van der Waals surface area contributed by atoms with Gasteiger partial charge in [-0.25, -0.2) is 4.98 Å². The van der Waals surface area contributed by atoms with E-state index in [2.05, 4.69) is 10.3 Å². The molecule has 1 fully saturated rings. The Bertz CT molecular complexity index is 681. The fraction of sp³-hybridized carbons (Fsp3) is 0.412. The molecule has 0 unspecified atom stereocenters. The Morgan fingerprint density at radius 2 is 2.00 bits per heavy atom. The van der Waals surface area contributed by atoms with Gasteiger partial charge in [0.1, 0.15) is 10.8 Å². The summed E-state index contributed by atoms with van der Waals surface area (Å²) in [5, 5.41) is 14.3. The minimum absolute atomic E-state index is 0.155. The molecule has 0 aliphatic heterocycles. The van der Waals surface area contributed by atoms with E-state index in [1.807, 2.05) is 24.3 Å². The standard InChI is InChI=1S/C17H19ClN2O2/c18-16-14-4-2-1-3-12(14)9-15(20-16)17(22)19-13-7-5-11(10-21)6-8-13/h1-4,9,11,13,21H,5-8,10H2,(H,19,22). The number of hydrogen-bond donors (Lipinski definition) is 2. The van der Waals surface area contributed by atoms with E-state index in [0.29, 0.717) is 16.8 Å². The van der Waals surface area contributed by atoms with Gasteiger partial charge in [-0.05, 0) is 43.1 Å². The molecular formula is C17H19ClN2O2. The first-order valence-corrected chi connectivity index (χ1v) is 8.02. The third kappa shape index (κ3) is 3.23. The number of nitrogens with zero attached hydrogens (tertiary/aromatic N) is 1. The summed E-state index contributed by atoms with van der Waals surface area (Å²) in [6.45, 7) is 0.239. The topological polar surface area (TPSA) is 62.2 Å². The number of pyridine rings is 1. The van der Waals surface area contributed by atoms with E-state index in [0.717, 1.165) is 36.5 Å². The maximum Gasteiger partial charge on any atom is 0.270 e. The zero-order chi connectivity index (χ0) is 15.5. The van der Waals surface area contributed by atoms with Crippen molar-refractivity contribution >= 4 is 28.3 Å². The molecule has 1 aliphatic carbocycles. The lowest BCUT2D eigenvalue weighted by Crippen LogP contribution is -2.38. The summed E-state index contributed by atoms with van der Waals surface area (Å²) in [5.41, 5.74) is 0.355. The van der Waals surface area contributed by atoms with E-state index in [9.17, 15) is 4.79 Å². The molecule has 0 radical (unpaired) electrons. The second-order valence-electron chi connectivity index (χ2n) is 5.89. The van der Waals surface area contributed by atoms with Gasteiger partial charge in [-0.1, -0.05) is 35.9 Å². The van der Waals surface area contributed by atoms with Crippen molar-refractivity contribution in [1.29, 1.82) is 0 Å². The number of fused-ring (bicyclic) bond motifs is 1. The number of carbonyl (C=O) groups excluding carboxylic acids is 1. The van der Waals surface area contributed by atoms with Crippen LogP contribution in [-0.2, 0) is 0 Å². The summed E-state index contributed by atoms with van der Waals surface area (Å²) in [6.07, 6.45) is 3.71. The number of aliphatic hydroxyl groups excluding tert-OH is 1. The first-order valence-electron chi connectivity index (χ1n) is 7.64. The predicted molar refractivity (Wildman–Crippen MR) is 87.1 cm³/mol. The number of carbonyl (C=O) groups is 1. The fourth-order valence-electron chi connectivity index (χ4n) is 3.02. The minimum Gasteiger partial charge on any atom is -0.396 e. The molecule has 1 aliphatic rings. The fourth-order valence-corrected chi connectivity index (χ4v) is 3.28. The Balaban J connectivity index is 1.73. The Hall–Kier alpha value is -1.65.